The zero-order valence-corrected chi connectivity index (χ0v) is 15.8. The fourth-order valence-corrected chi connectivity index (χ4v) is 3.83. The molecule has 140 valence electrons. The third kappa shape index (κ3) is 6.56. The lowest BCUT2D eigenvalue weighted by atomic mass is 9.92. The van der Waals surface area contributed by atoms with Gasteiger partial charge in [-0.15, -0.1) is 0 Å². The Hall–Kier alpha value is -1.68. The number of benzene rings is 2. The van der Waals surface area contributed by atoms with Crippen molar-refractivity contribution in [3.05, 3.63) is 71.8 Å². The second kappa shape index (κ2) is 10.5. The Morgan fingerprint density at radius 1 is 0.808 bits per heavy atom. The van der Waals surface area contributed by atoms with Gasteiger partial charge in [-0.1, -0.05) is 60.7 Å². The van der Waals surface area contributed by atoms with Crippen LogP contribution in [-0.2, 0) is 13.1 Å². The highest BCUT2D eigenvalue weighted by atomic mass is 15.1. The van der Waals surface area contributed by atoms with Crippen LogP contribution in [0.25, 0.3) is 0 Å². The molecular weight excluding hydrogens is 318 g/mol. The van der Waals surface area contributed by atoms with Crippen LogP contribution in [0, 0.1) is 0 Å². The summed E-state index contributed by atoms with van der Waals surface area (Å²) in [5.41, 5.74) is 8.78. The summed E-state index contributed by atoms with van der Waals surface area (Å²) < 4.78 is 0. The van der Waals surface area contributed by atoms with Gasteiger partial charge < -0.3 is 11.1 Å². The van der Waals surface area contributed by atoms with E-state index >= 15 is 0 Å². The molecule has 3 heteroatoms. The molecule has 0 atom stereocenters. The molecule has 3 rings (SSSR count). The van der Waals surface area contributed by atoms with E-state index in [-0.39, 0.29) is 0 Å². The predicted molar refractivity (Wildman–Crippen MR) is 110 cm³/mol. The molecule has 0 aliphatic heterocycles. The van der Waals surface area contributed by atoms with Crippen LogP contribution in [0.2, 0.25) is 0 Å². The smallest absolute Gasteiger partial charge is 0.0237 e. The van der Waals surface area contributed by atoms with Gasteiger partial charge in [-0.3, -0.25) is 4.90 Å². The molecule has 3 N–H and O–H groups in total. The van der Waals surface area contributed by atoms with Crippen molar-refractivity contribution in [2.45, 2.75) is 57.3 Å². The first-order valence-corrected chi connectivity index (χ1v) is 10.1. The second-order valence-corrected chi connectivity index (χ2v) is 7.60. The van der Waals surface area contributed by atoms with E-state index in [4.69, 9.17) is 5.73 Å². The number of rotatable bonds is 9. The molecule has 26 heavy (non-hydrogen) atoms. The fourth-order valence-electron chi connectivity index (χ4n) is 3.83. The van der Waals surface area contributed by atoms with Crippen LogP contribution < -0.4 is 11.1 Å². The van der Waals surface area contributed by atoms with Crippen LogP contribution in [0.1, 0.15) is 43.2 Å². The van der Waals surface area contributed by atoms with Crippen molar-refractivity contribution in [2.24, 2.45) is 5.73 Å². The van der Waals surface area contributed by atoms with Crippen molar-refractivity contribution in [3.8, 4) is 0 Å². The van der Waals surface area contributed by atoms with E-state index in [1.54, 1.807) is 0 Å². The normalized spacial score (nSPS) is 20.4. The van der Waals surface area contributed by atoms with E-state index < -0.39 is 0 Å². The Morgan fingerprint density at radius 2 is 1.35 bits per heavy atom. The van der Waals surface area contributed by atoms with Crippen LogP contribution in [0.4, 0.5) is 0 Å². The molecule has 0 amide bonds. The Morgan fingerprint density at radius 3 is 1.88 bits per heavy atom. The molecule has 1 saturated carbocycles. The molecule has 2 aromatic rings. The maximum Gasteiger partial charge on any atom is 0.0237 e. The van der Waals surface area contributed by atoms with E-state index in [1.807, 2.05) is 0 Å². The topological polar surface area (TPSA) is 41.3 Å². The molecule has 1 aliphatic carbocycles. The summed E-state index contributed by atoms with van der Waals surface area (Å²) >= 11 is 0. The Bertz CT molecular complexity index is 564. The Balaban J connectivity index is 1.47. The summed E-state index contributed by atoms with van der Waals surface area (Å²) in [6.45, 7) is 4.23. The maximum absolute atomic E-state index is 6.00. The van der Waals surface area contributed by atoms with Gasteiger partial charge in [0.2, 0.25) is 0 Å². The standard InChI is InChI=1S/C23H33N3/c24-22-12-14-23(15-13-22)25-16-7-17-26(18-20-8-3-1-4-9-20)19-21-10-5-2-6-11-21/h1-6,8-11,22-23,25H,7,12-19,24H2. The van der Waals surface area contributed by atoms with Crippen LogP contribution in [0.5, 0.6) is 0 Å². The lowest BCUT2D eigenvalue weighted by molar-refractivity contribution is 0.247. The maximum atomic E-state index is 6.00. The lowest BCUT2D eigenvalue weighted by Crippen LogP contribution is -2.38. The average Bonchev–Trinajstić information content (AvgIpc) is 2.68. The quantitative estimate of drug-likeness (QED) is 0.673. The van der Waals surface area contributed by atoms with E-state index in [2.05, 4.69) is 70.9 Å². The zero-order chi connectivity index (χ0) is 18.0. The van der Waals surface area contributed by atoms with E-state index in [0.29, 0.717) is 12.1 Å². The van der Waals surface area contributed by atoms with Crippen LogP contribution in [-0.4, -0.2) is 30.1 Å². The first-order chi connectivity index (χ1) is 12.8. The minimum atomic E-state index is 0.431. The summed E-state index contributed by atoms with van der Waals surface area (Å²) in [5.74, 6) is 0. The van der Waals surface area contributed by atoms with Crippen molar-refractivity contribution in [1.82, 2.24) is 10.2 Å². The highest BCUT2D eigenvalue weighted by Crippen LogP contribution is 2.17. The largest absolute Gasteiger partial charge is 0.328 e. The number of hydrogen-bond donors (Lipinski definition) is 2. The van der Waals surface area contributed by atoms with Crippen molar-refractivity contribution in [2.75, 3.05) is 13.1 Å². The highest BCUT2D eigenvalue weighted by Gasteiger charge is 2.17. The van der Waals surface area contributed by atoms with Crippen molar-refractivity contribution >= 4 is 0 Å². The van der Waals surface area contributed by atoms with Crippen molar-refractivity contribution in [1.29, 1.82) is 0 Å². The zero-order valence-electron chi connectivity index (χ0n) is 15.8. The summed E-state index contributed by atoms with van der Waals surface area (Å²) in [4.78, 5) is 2.56. The van der Waals surface area contributed by atoms with Crippen LogP contribution in [0.15, 0.2) is 60.7 Å². The minimum Gasteiger partial charge on any atom is -0.328 e. The van der Waals surface area contributed by atoms with Gasteiger partial charge in [0.05, 0.1) is 0 Å². The average molecular weight is 352 g/mol. The summed E-state index contributed by atoms with van der Waals surface area (Å²) in [6, 6.07) is 22.7. The molecular formula is C23H33N3. The van der Waals surface area contributed by atoms with Crippen LogP contribution >= 0.6 is 0 Å². The molecule has 0 bridgehead atoms. The van der Waals surface area contributed by atoms with Gasteiger partial charge >= 0.3 is 0 Å². The van der Waals surface area contributed by atoms with Gasteiger partial charge in [0.1, 0.15) is 0 Å². The number of nitrogens with one attached hydrogen (secondary N) is 1. The van der Waals surface area contributed by atoms with Crippen molar-refractivity contribution in [3.63, 3.8) is 0 Å². The molecule has 0 unspecified atom stereocenters. The molecule has 0 aromatic heterocycles. The number of nitrogens with two attached hydrogens (primary N) is 1. The molecule has 0 heterocycles. The van der Waals surface area contributed by atoms with Gasteiger partial charge in [-0.05, 0) is 49.8 Å². The van der Waals surface area contributed by atoms with Gasteiger partial charge in [0.15, 0.2) is 0 Å². The molecule has 1 fully saturated rings. The molecule has 3 nitrogen and oxygen atoms in total. The Kier molecular flexibility index (Phi) is 7.68. The summed E-state index contributed by atoms with van der Waals surface area (Å²) in [6.07, 6.45) is 6.00. The van der Waals surface area contributed by atoms with E-state index in [0.717, 1.165) is 26.2 Å². The predicted octanol–water partition coefficient (Wildman–Crippen LogP) is 3.94. The molecule has 2 aromatic carbocycles. The van der Waals surface area contributed by atoms with Crippen molar-refractivity contribution < 1.29 is 0 Å². The van der Waals surface area contributed by atoms with Gasteiger partial charge in [-0.2, -0.15) is 0 Å². The first-order valence-electron chi connectivity index (χ1n) is 10.1. The molecule has 0 radical (unpaired) electrons. The monoisotopic (exact) mass is 351 g/mol. The SMILES string of the molecule is NC1CCC(NCCCN(Cc2ccccc2)Cc2ccccc2)CC1. The lowest BCUT2D eigenvalue weighted by Gasteiger charge is -2.28. The summed E-state index contributed by atoms with van der Waals surface area (Å²) in [7, 11) is 0. The van der Waals surface area contributed by atoms with E-state index in [9.17, 15) is 0 Å². The summed E-state index contributed by atoms with van der Waals surface area (Å²) in [5, 5.41) is 3.74. The van der Waals surface area contributed by atoms with E-state index in [1.165, 1.54) is 43.2 Å². The van der Waals surface area contributed by atoms with Gasteiger partial charge in [0.25, 0.3) is 0 Å². The molecule has 0 saturated heterocycles. The molecule has 0 spiro atoms. The third-order valence-corrected chi connectivity index (χ3v) is 5.35. The van der Waals surface area contributed by atoms with Gasteiger partial charge in [0, 0.05) is 31.7 Å². The number of nitrogens with zero attached hydrogens (tertiary/aromatic N) is 1. The minimum absolute atomic E-state index is 0.431. The third-order valence-electron chi connectivity index (χ3n) is 5.35. The fraction of sp³-hybridized carbons (Fsp3) is 0.478. The molecule has 1 aliphatic rings. The Labute approximate surface area is 158 Å². The number of hydrogen-bond acceptors (Lipinski definition) is 3. The first kappa shape index (κ1) is 19.1. The highest BCUT2D eigenvalue weighted by molar-refractivity contribution is 5.17. The van der Waals surface area contributed by atoms with Gasteiger partial charge in [-0.25, -0.2) is 0 Å². The second-order valence-electron chi connectivity index (χ2n) is 7.60. The van der Waals surface area contributed by atoms with Crippen LogP contribution in [0.3, 0.4) is 0 Å².